The molecule has 4 rings (SSSR count). The van der Waals surface area contributed by atoms with Gasteiger partial charge >= 0.3 is 0 Å². The van der Waals surface area contributed by atoms with E-state index in [0.717, 1.165) is 17.5 Å². The summed E-state index contributed by atoms with van der Waals surface area (Å²) < 4.78 is 7.39. The molecule has 1 saturated heterocycles. The Morgan fingerprint density at radius 2 is 2.12 bits per heavy atom. The van der Waals surface area contributed by atoms with E-state index in [1.165, 1.54) is 6.92 Å². The number of aromatic nitrogens is 3. The van der Waals surface area contributed by atoms with Crippen LogP contribution in [0.25, 0.3) is 11.0 Å². The Kier molecular flexibility index (Phi) is 4.12. The van der Waals surface area contributed by atoms with Crippen molar-refractivity contribution in [1.82, 2.24) is 25.6 Å². The number of para-hydroxylation sites is 1. The van der Waals surface area contributed by atoms with Crippen molar-refractivity contribution in [3.05, 3.63) is 24.3 Å². The van der Waals surface area contributed by atoms with Gasteiger partial charge < -0.3 is 15.4 Å². The minimum Gasteiger partial charge on any atom is -0.376 e. The molecule has 132 valence electrons. The SMILES string of the molecule is CC(=O)N[C@H]1[C@H](NC(=O)CCn2nnc3ccccc32)[C@@H]2CCO[C@@H]21. The fraction of sp³-hybridized carbons (Fsp3) is 0.529. The van der Waals surface area contributed by atoms with Gasteiger partial charge in [-0.05, 0) is 18.6 Å². The Balaban J connectivity index is 1.36. The Hall–Kier alpha value is -2.48. The number of hydrogen-bond acceptors (Lipinski definition) is 5. The lowest BCUT2D eigenvalue weighted by atomic mass is 9.71. The molecule has 1 aliphatic carbocycles. The van der Waals surface area contributed by atoms with E-state index in [-0.39, 0.29) is 35.9 Å². The average molecular weight is 343 g/mol. The number of aryl methyl sites for hydroxylation is 1. The lowest BCUT2D eigenvalue weighted by molar-refractivity contribution is -0.130. The molecular formula is C17H21N5O3. The van der Waals surface area contributed by atoms with E-state index in [2.05, 4.69) is 20.9 Å². The molecular weight excluding hydrogens is 322 g/mol. The molecule has 25 heavy (non-hydrogen) atoms. The van der Waals surface area contributed by atoms with E-state index in [0.29, 0.717) is 19.6 Å². The number of fused-ring (bicyclic) bond motifs is 2. The Labute approximate surface area is 144 Å². The van der Waals surface area contributed by atoms with E-state index in [9.17, 15) is 9.59 Å². The van der Waals surface area contributed by atoms with Crippen molar-refractivity contribution in [2.24, 2.45) is 5.92 Å². The summed E-state index contributed by atoms with van der Waals surface area (Å²) in [5.74, 6) is 0.130. The quantitative estimate of drug-likeness (QED) is 0.810. The van der Waals surface area contributed by atoms with Crippen molar-refractivity contribution in [2.75, 3.05) is 6.61 Å². The van der Waals surface area contributed by atoms with Crippen molar-refractivity contribution in [3.63, 3.8) is 0 Å². The van der Waals surface area contributed by atoms with Gasteiger partial charge in [-0.3, -0.25) is 9.59 Å². The van der Waals surface area contributed by atoms with E-state index < -0.39 is 0 Å². The maximum absolute atomic E-state index is 12.4. The van der Waals surface area contributed by atoms with E-state index in [4.69, 9.17) is 4.74 Å². The van der Waals surface area contributed by atoms with Gasteiger partial charge in [-0.2, -0.15) is 0 Å². The van der Waals surface area contributed by atoms with Crippen LogP contribution < -0.4 is 10.6 Å². The number of carbonyl (C=O) groups is 2. The highest BCUT2D eigenvalue weighted by Gasteiger charge is 2.54. The maximum atomic E-state index is 12.4. The number of rotatable bonds is 5. The van der Waals surface area contributed by atoms with E-state index in [1.54, 1.807) is 4.68 Å². The van der Waals surface area contributed by atoms with Gasteiger partial charge in [0.05, 0.1) is 30.2 Å². The molecule has 2 fully saturated rings. The number of hydrogen-bond donors (Lipinski definition) is 2. The minimum absolute atomic E-state index is 0.0217. The molecule has 4 atom stereocenters. The zero-order chi connectivity index (χ0) is 17.4. The number of ether oxygens (including phenoxy) is 1. The first-order chi connectivity index (χ1) is 12.1. The second kappa shape index (κ2) is 6.44. The standard InChI is InChI=1S/C17H21N5O3/c1-10(23)18-16-15(11-7-9-25-17(11)16)19-14(24)6-8-22-13-5-3-2-4-12(13)20-21-22/h2-5,11,15-17H,6-9H2,1H3,(H,18,23)(H,19,24)/t11-,15+,16-,17-/m0/s1. The molecule has 1 aromatic carbocycles. The second-order valence-electron chi connectivity index (χ2n) is 6.66. The molecule has 0 bridgehead atoms. The highest BCUT2D eigenvalue weighted by molar-refractivity contribution is 5.78. The van der Waals surface area contributed by atoms with Gasteiger partial charge in [-0.15, -0.1) is 5.10 Å². The molecule has 8 heteroatoms. The minimum atomic E-state index is -0.138. The zero-order valence-corrected chi connectivity index (χ0v) is 14.0. The van der Waals surface area contributed by atoms with Gasteiger partial charge in [0.2, 0.25) is 11.8 Å². The lowest BCUT2D eigenvalue weighted by Gasteiger charge is -2.47. The van der Waals surface area contributed by atoms with E-state index in [1.807, 2.05) is 24.3 Å². The van der Waals surface area contributed by atoms with Gasteiger partial charge in [0.1, 0.15) is 5.52 Å². The predicted octanol–water partition coefficient (Wildman–Crippen LogP) is 0.230. The third kappa shape index (κ3) is 2.97. The van der Waals surface area contributed by atoms with Crippen LogP contribution in [0.5, 0.6) is 0 Å². The van der Waals surface area contributed by atoms with Crippen LogP contribution in [0.4, 0.5) is 0 Å². The average Bonchev–Trinajstić information content (AvgIpc) is 3.20. The molecule has 2 amide bonds. The highest BCUT2D eigenvalue weighted by atomic mass is 16.5. The molecule has 8 nitrogen and oxygen atoms in total. The van der Waals surface area contributed by atoms with Crippen molar-refractivity contribution in [2.45, 2.75) is 44.5 Å². The maximum Gasteiger partial charge on any atom is 0.222 e. The van der Waals surface area contributed by atoms with Crippen LogP contribution in [0.2, 0.25) is 0 Å². The molecule has 2 heterocycles. The van der Waals surface area contributed by atoms with Crippen LogP contribution >= 0.6 is 0 Å². The normalized spacial score (nSPS) is 27.6. The van der Waals surface area contributed by atoms with Crippen molar-refractivity contribution >= 4 is 22.8 Å². The van der Waals surface area contributed by atoms with Crippen LogP contribution in [0.3, 0.4) is 0 Å². The summed E-state index contributed by atoms with van der Waals surface area (Å²) in [6, 6.07) is 7.47. The van der Waals surface area contributed by atoms with Crippen LogP contribution in [0.1, 0.15) is 19.8 Å². The van der Waals surface area contributed by atoms with Gasteiger partial charge in [0.15, 0.2) is 0 Å². The molecule has 1 aliphatic heterocycles. The number of nitrogens with one attached hydrogen (secondary N) is 2. The first-order valence-corrected chi connectivity index (χ1v) is 8.60. The van der Waals surface area contributed by atoms with Crippen molar-refractivity contribution < 1.29 is 14.3 Å². The second-order valence-corrected chi connectivity index (χ2v) is 6.66. The monoisotopic (exact) mass is 343 g/mol. The number of benzene rings is 1. The number of carbonyl (C=O) groups excluding carboxylic acids is 2. The van der Waals surface area contributed by atoms with Crippen molar-refractivity contribution in [3.8, 4) is 0 Å². The molecule has 0 unspecified atom stereocenters. The first kappa shape index (κ1) is 16.0. The van der Waals surface area contributed by atoms with Crippen molar-refractivity contribution in [1.29, 1.82) is 0 Å². The molecule has 1 saturated carbocycles. The van der Waals surface area contributed by atoms with E-state index >= 15 is 0 Å². The first-order valence-electron chi connectivity index (χ1n) is 8.60. The largest absolute Gasteiger partial charge is 0.376 e. The summed E-state index contributed by atoms with van der Waals surface area (Å²) in [7, 11) is 0. The molecule has 2 aromatic rings. The summed E-state index contributed by atoms with van der Waals surface area (Å²) >= 11 is 0. The fourth-order valence-corrected chi connectivity index (χ4v) is 3.86. The lowest BCUT2D eigenvalue weighted by Crippen LogP contribution is -2.70. The number of amides is 2. The summed E-state index contributed by atoms with van der Waals surface area (Å²) in [6.45, 7) is 2.63. The molecule has 0 radical (unpaired) electrons. The number of nitrogens with zero attached hydrogens (tertiary/aromatic N) is 3. The summed E-state index contributed by atoms with van der Waals surface area (Å²) in [5.41, 5.74) is 1.73. The predicted molar refractivity (Wildman–Crippen MR) is 89.5 cm³/mol. The topological polar surface area (TPSA) is 98.1 Å². The summed E-state index contributed by atoms with van der Waals surface area (Å²) in [5, 5.41) is 14.1. The molecule has 0 spiro atoms. The van der Waals surface area contributed by atoms with Gasteiger partial charge in [0, 0.05) is 25.9 Å². The third-order valence-corrected chi connectivity index (χ3v) is 5.05. The molecule has 2 N–H and O–H groups in total. The van der Waals surface area contributed by atoms with Gasteiger partial charge in [-0.25, -0.2) is 4.68 Å². The highest BCUT2D eigenvalue weighted by Crippen LogP contribution is 2.39. The van der Waals surface area contributed by atoms with Crippen LogP contribution in [0.15, 0.2) is 24.3 Å². The van der Waals surface area contributed by atoms with Gasteiger partial charge in [-0.1, -0.05) is 17.3 Å². The van der Waals surface area contributed by atoms with Crippen LogP contribution in [-0.4, -0.2) is 51.6 Å². The summed E-state index contributed by atoms with van der Waals surface area (Å²) in [4.78, 5) is 23.7. The Morgan fingerprint density at radius 1 is 1.28 bits per heavy atom. The van der Waals surface area contributed by atoms with Crippen LogP contribution in [-0.2, 0) is 20.9 Å². The third-order valence-electron chi connectivity index (χ3n) is 5.05. The smallest absolute Gasteiger partial charge is 0.222 e. The molecule has 1 aromatic heterocycles. The zero-order valence-electron chi connectivity index (χ0n) is 14.0. The molecule has 2 aliphatic rings. The van der Waals surface area contributed by atoms with Crippen LogP contribution in [0, 0.1) is 5.92 Å². The fourth-order valence-electron chi connectivity index (χ4n) is 3.86. The Morgan fingerprint density at radius 3 is 2.96 bits per heavy atom. The summed E-state index contributed by atoms with van der Waals surface area (Å²) in [6.07, 6.45) is 1.25. The Bertz CT molecular complexity index is 804. The van der Waals surface area contributed by atoms with Gasteiger partial charge in [0.25, 0.3) is 0 Å².